The van der Waals surface area contributed by atoms with E-state index in [9.17, 15) is 10.5 Å². The minimum Gasteiger partial charge on any atom is -0.327 e. The Morgan fingerprint density at radius 2 is 1.71 bits per heavy atom. The summed E-state index contributed by atoms with van der Waals surface area (Å²) in [4.78, 5) is 0. The molecule has 1 aliphatic rings. The van der Waals surface area contributed by atoms with Crippen molar-refractivity contribution in [2.75, 3.05) is 0 Å². The molecule has 0 bridgehead atoms. The van der Waals surface area contributed by atoms with Crippen LogP contribution in [0.5, 0.6) is 0 Å². The van der Waals surface area contributed by atoms with Crippen molar-refractivity contribution in [1.82, 2.24) is 9.13 Å². The van der Waals surface area contributed by atoms with Crippen molar-refractivity contribution < 1.29 is 0 Å². The van der Waals surface area contributed by atoms with Gasteiger partial charge in [-0.15, -0.1) is 0 Å². The summed E-state index contributed by atoms with van der Waals surface area (Å²) in [5, 5.41) is 28.9. The average Bonchev–Trinajstić information content (AvgIpc) is 2.86. The van der Waals surface area contributed by atoms with Gasteiger partial charge >= 0.3 is 0 Å². The molecule has 1 aromatic carbocycles. The number of fused-ring (bicyclic) bond motifs is 3. The number of hydrogen-bond donors (Lipinski definition) is 1. The number of hydrogen-bond acceptors (Lipinski definition) is 3. The maximum atomic E-state index is 9.52. The Hall–Kier alpha value is -3.05. The molecule has 0 unspecified atom stereocenters. The molecule has 100 valence electrons. The number of nitriles is 2. The maximum Gasteiger partial charge on any atom is 0.145 e. The van der Waals surface area contributed by atoms with Crippen molar-refractivity contribution >= 4 is 21.9 Å². The minimum absolute atomic E-state index is 0.144. The summed E-state index contributed by atoms with van der Waals surface area (Å²) in [5.74, 6) is 0. The lowest BCUT2D eigenvalue weighted by Crippen LogP contribution is -2.29. The highest BCUT2D eigenvalue weighted by Crippen LogP contribution is 2.33. The first-order chi connectivity index (χ1) is 10.3. The highest BCUT2D eigenvalue weighted by molar-refractivity contribution is 6.10. The van der Waals surface area contributed by atoms with E-state index in [1.54, 1.807) is 0 Å². The topological polar surface area (TPSA) is 81.3 Å². The minimum atomic E-state index is 0.144. The number of aromatic nitrogens is 2. The van der Waals surface area contributed by atoms with E-state index in [0.717, 1.165) is 34.9 Å². The van der Waals surface area contributed by atoms with E-state index in [4.69, 9.17) is 5.41 Å². The molecule has 0 amide bonds. The van der Waals surface area contributed by atoms with Crippen LogP contribution in [0.3, 0.4) is 0 Å². The second-order valence-electron chi connectivity index (χ2n) is 5.19. The van der Waals surface area contributed by atoms with Crippen LogP contribution in [0, 0.1) is 28.1 Å². The van der Waals surface area contributed by atoms with Gasteiger partial charge in [0.05, 0.1) is 11.1 Å². The van der Waals surface area contributed by atoms with E-state index in [1.165, 1.54) is 0 Å². The maximum absolute atomic E-state index is 9.52. The summed E-state index contributed by atoms with van der Waals surface area (Å²) >= 11 is 0. The van der Waals surface area contributed by atoms with Gasteiger partial charge < -0.3 is 9.13 Å². The van der Waals surface area contributed by atoms with E-state index < -0.39 is 0 Å². The molecule has 0 spiro atoms. The fourth-order valence-corrected chi connectivity index (χ4v) is 3.35. The highest BCUT2D eigenvalue weighted by Gasteiger charge is 2.23. The molecule has 0 fully saturated rings. The Labute approximate surface area is 120 Å². The van der Waals surface area contributed by atoms with Gasteiger partial charge in [-0.05, 0) is 12.5 Å². The largest absolute Gasteiger partial charge is 0.327 e. The summed E-state index contributed by atoms with van der Waals surface area (Å²) < 4.78 is 4.02. The standard InChI is InChI=1S/C16H11N5/c17-8-11-12(9-18)15(19)21-7-3-6-20-13-5-2-1-4-10(13)14(11)16(20)21/h1-2,4-5,19H,3,6-7H2. The normalized spacial score (nSPS) is 13.2. The van der Waals surface area contributed by atoms with Crippen LogP contribution in [0.15, 0.2) is 24.3 Å². The quantitative estimate of drug-likeness (QED) is 0.681. The molecule has 0 atom stereocenters. The van der Waals surface area contributed by atoms with Crippen LogP contribution >= 0.6 is 0 Å². The molecule has 2 aromatic heterocycles. The van der Waals surface area contributed by atoms with Gasteiger partial charge in [-0.25, -0.2) is 0 Å². The zero-order chi connectivity index (χ0) is 14.6. The van der Waals surface area contributed by atoms with Crippen LogP contribution in [0.25, 0.3) is 21.9 Å². The third-order valence-electron chi connectivity index (χ3n) is 4.19. The van der Waals surface area contributed by atoms with Crippen molar-refractivity contribution in [2.45, 2.75) is 19.5 Å². The summed E-state index contributed by atoms with van der Waals surface area (Å²) in [6.45, 7) is 1.59. The van der Waals surface area contributed by atoms with E-state index in [1.807, 2.05) is 34.9 Å². The van der Waals surface area contributed by atoms with Gasteiger partial charge in [-0.3, -0.25) is 5.41 Å². The van der Waals surface area contributed by atoms with Gasteiger partial charge in [0, 0.05) is 23.9 Å². The number of nitrogens with zero attached hydrogens (tertiary/aromatic N) is 4. The zero-order valence-corrected chi connectivity index (χ0v) is 11.2. The Balaban J connectivity index is 2.44. The van der Waals surface area contributed by atoms with Gasteiger partial charge in [0.2, 0.25) is 0 Å². The van der Waals surface area contributed by atoms with Crippen molar-refractivity contribution in [1.29, 1.82) is 15.9 Å². The first kappa shape index (κ1) is 11.7. The molecule has 0 saturated heterocycles. The molecule has 1 aliphatic heterocycles. The van der Waals surface area contributed by atoms with Crippen LogP contribution in [0.1, 0.15) is 17.5 Å². The number of rotatable bonds is 0. The first-order valence-corrected chi connectivity index (χ1v) is 6.80. The number of aryl methyl sites for hydroxylation is 2. The predicted octanol–water partition coefficient (Wildman–Crippen LogP) is 2.22. The number of nitrogens with one attached hydrogen (secondary N) is 1. The van der Waals surface area contributed by atoms with Crippen molar-refractivity contribution in [2.24, 2.45) is 0 Å². The van der Waals surface area contributed by atoms with E-state index in [2.05, 4.69) is 10.6 Å². The second kappa shape index (κ2) is 3.97. The second-order valence-corrected chi connectivity index (χ2v) is 5.19. The number of pyridine rings is 1. The summed E-state index contributed by atoms with van der Waals surface area (Å²) in [7, 11) is 0. The van der Waals surface area contributed by atoms with Crippen LogP contribution < -0.4 is 5.49 Å². The van der Waals surface area contributed by atoms with Gasteiger partial charge in [0.1, 0.15) is 28.8 Å². The predicted molar refractivity (Wildman–Crippen MR) is 77.3 cm³/mol. The Morgan fingerprint density at radius 1 is 1.00 bits per heavy atom. The lowest BCUT2D eigenvalue weighted by Gasteiger charge is -2.20. The van der Waals surface area contributed by atoms with Crippen molar-refractivity contribution in [3.8, 4) is 12.1 Å². The Bertz CT molecular complexity index is 1050. The average molecular weight is 273 g/mol. The van der Waals surface area contributed by atoms with E-state index in [-0.39, 0.29) is 11.1 Å². The molecule has 5 nitrogen and oxygen atoms in total. The summed E-state index contributed by atoms with van der Waals surface area (Å²) in [5.41, 5.74) is 2.60. The Kier molecular flexibility index (Phi) is 2.22. The molecule has 4 rings (SSSR count). The van der Waals surface area contributed by atoms with Crippen LogP contribution in [-0.4, -0.2) is 9.13 Å². The van der Waals surface area contributed by atoms with Crippen LogP contribution in [0.4, 0.5) is 0 Å². The van der Waals surface area contributed by atoms with Crippen LogP contribution in [-0.2, 0) is 13.1 Å². The number of para-hydroxylation sites is 1. The SMILES string of the molecule is N#Cc1c(C#N)c2c3ccccc3n3c2n(c1=N)CCC3. The molecular weight excluding hydrogens is 262 g/mol. The van der Waals surface area contributed by atoms with Gasteiger partial charge in [0.15, 0.2) is 0 Å². The van der Waals surface area contributed by atoms with Crippen LogP contribution in [0.2, 0.25) is 0 Å². The molecule has 0 aliphatic carbocycles. The Morgan fingerprint density at radius 3 is 2.48 bits per heavy atom. The smallest absolute Gasteiger partial charge is 0.145 e. The third kappa shape index (κ3) is 1.30. The molecule has 0 saturated carbocycles. The molecule has 21 heavy (non-hydrogen) atoms. The molecule has 3 heterocycles. The first-order valence-electron chi connectivity index (χ1n) is 6.80. The molecular formula is C16H11N5. The van der Waals surface area contributed by atoms with E-state index >= 15 is 0 Å². The lowest BCUT2D eigenvalue weighted by molar-refractivity contribution is 0.520. The molecule has 1 N–H and O–H groups in total. The lowest BCUT2D eigenvalue weighted by atomic mass is 10.0. The monoisotopic (exact) mass is 273 g/mol. The summed E-state index contributed by atoms with van der Waals surface area (Å²) in [6.07, 6.45) is 0.925. The van der Waals surface area contributed by atoms with E-state index in [0.29, 0.717) is 12.1 Å². The molecule has 0 radical (unpaired) electrons. The van der Waals surface area contributed by atoms with Crippen molar-refractivity contribution in [3.05, 3.63) is 40.9 Å². The highest BCUT2D eigenvalue weighted by atomic mass is 15.2. The fourth-order valence-electron chi connectivity index (χ4n) is 3.35. The van der Waals surface area contributed by atoms with Gasteiger partial charge in [0.25, 0.3) is 0 Å². The molecule has 3 aromatic rings. The van der Waals surface area contributed by atoms with Gasteiger partial charge in [-0.2, -0.15) is 10.5 Å². The fraction of sp³-hybridized carbons (Fsp3) is 0.188. The number of benzene rings is 1. The molecule has 5 heteroatoms. The third-order valence-corrected chi connectivity index (χ3v) is 4.19. The zero-order valence-electron chi connectivity index (χ0n) is 11.2. The summed E-state index contributed by atoms with van der Waals surface area (Å²) in [6, 6.07) is 12.1. The van der Waals surface area contributed by atoms with Crippen molar-refractivity contribution in [3.63, 3.8) is 0 Å². The van der Waals surface area contributed by atoms with Gasteiger partial charge in [-0.1, -0.05) is 18.2 Å².